The summed E-state index contributed by atoms with van der Waals surface area (Å²) < 4.78 is 0. The smallest absolute Gasteiger partial charge is 0.313 e. The first kappa shape index (κ1) is 17.9. The molecule has 7 heteroatoms. The van der Waals surface area contributed by atoms with Crippen LogP contribution < -0.4 is 10.6 Å². The van der Waals surface area contributed by atoms with E-state index in [1.165, 1.54) is 0 Å². The highest BCUT2D eigenvalue weighted by Crippen LogP contribution is 2.19. The standard InChI is InChI=1S/C20H17N5O2/c26-19(22-14-18-8-4-5-13-21-18)20(27)23-15-9-11-17(12-10-15)25-24-16-6-2-1-3-7-16/h1-13H,14H2,(H,22,26)(H,23,27). The summed E-state index contributed by atoms with van der Waals surface area (Å²) in [5.41, 5.74) is 2.55. The molecule has 0 saturated carbocycles. The van der Waals surface area contributed by atoms with Gasteiger partial charge in [0, 0.05) is 11.9 Å². The Balaban J connectivity index is 1.52. The van der Waals surface area contributed by atoms with Gasteiger partial charge < -0.3 is 10.6 Å². The Labute approximate surface area is 156 Å². The molecule has 0 aliphatic carbocycles. The molecule has 7 nitrogen and oxygen atoms in total. The van der Waals surface area contributed by atoms with Gasteiger partial charge in [-0.05, 0) is 48.5 Å². The molecule has 0 bridgehead atoms. The van der Waals surface area contributed by atoms with Crippen LogP contribution >= 0.6 is 0 Å². The van der Waals surface area contributed by atoms with Crippen LogP contribution in [-0.2, 0) is 16.1 Å². The molecule has 0 aliphatic rings. The first-order valence-corrected chi connectivity index (χ1v) is 8.27. The number of rotatable bonds is 5. The Hall–Kier alpha value is -3.87. The largest absolute Gasteiger partial charge is 0.342 e. The van der Waals surface area contributed by atoms with Crippen molar-refractivity contribution in [1.29, 1.82) is 0 Å². The molecule has 27 heavy (non-hydrogen) atoms. The minimum atomic E-state index is -0.746. The molecule has 2 N–H and O–H groups in total. The lowest BCUT2D eigenvalue weighted by Gasteiger charge is -2.06. The average Bonchev–Trinajstić information content (AvgIpc) is 2.73. The lowest BCUT2D eigenvalue weighted by molar-refractivity contribution is -0.136. The number of hydrogen-bond donors (Lipinski definition) is 2. The van der Waals surface area contributed by atoms with Gasteiger partial charge in [-0.1, -0.05) is 24.3 Å². The molecule has 0 spiro atoms. The third-order valence-electron chi connectivity index (χ3n) is 3.52. The number of azo groups is 1. The van der Waals surface area contributed by atoms with Crippen LogP contribution in [0.3, 0.4) is 0 Å². The Morgan fingerprint density at radius 1 is 0.778 bits per heavy atom. The Kier molecular flexibility index (Phi) is 5.98. The number of benzene rings is 2. The topological polar surface area (TPSA) is 95.8 Å². The summed E-state index contributed by atoms with van der Waals surface area (Å²) in [5, 5.41) is 13.3. The lowest BCUT2D eigenvalue weighted by Crippen LogP contribution is -2.35. The molecule has 1 heterocycles. The van der Waals surface area contributed by atoms with E-state index in [0.717, 1.165) is 5.69 Å². The van der Waals surface area contributed by atoms with Crippen LogP contribution in [0.15, 0.2) is 89.2 Å². The first-order chi connectivity index (χ1) is 13.2. The molecular formula is C20H17N5O2. The molecule has 0 fully saturated rings. The summed E-state index contributed by atoms with van der Waals surface area (Å²) >= 11 is 0. The fourth-order valence-electron chi connectivity index (χ4n) is 2.16. The van der Waals surface area contributed by atoms with E-state index >= 15 is 0 Å². The molecule has 1 aromatic heterocycles. The third-order valence-corrected chi connectivity index (χ3v) is 3.52. The summed E-state index contributed by atoms with van der Waals surface area (Å²) in [6, 6.07) is 21.4. The zero-order chi connectivity index (χ0) is 18.9. The average molecular weight is 359 g/mol. The maximum absolute atomic E-state index is 11.9. The third kappa shape index (κ3) is 5.57. The molecular weight excluding hydrogens is 342 g/mol. The number of carbonyl (C=O) groups excluding carboxylic acids is 2. The van der Waals surface area contributed by atoms with Gasteiger partial charge in [-0.25, -0.2) is 0 Å². The van der Waals surface area contributed by atoms with Crippen molar-refractivity contribution in [2.75, 3.05) is 5.32 Å². The number of nitrogens with zero attached hydrogens (tertiary/aromatic N) is 3. The van der Waals surface area contributed by atoms with Gasteiger partial charge in [-0.3, -0.25) is 14.6 Å². The SMILES string of the molecule is O=C(NCc1ccccn1)C(=O)Nc1ccc(N=Nc2ccccc2)cc1. The van der Waals surface area contributed by atoms with Crippen molar-refractivity contribution in [2.45, 2.75) is 6.54 Å². The molecule has 3 aromatic rings. The van der Waals surface area contributed by atoms with Crippen molar-refractivity contribution in [3.05, 3.63) is 84.7 Å². The zero-order valence-corrected chi connectivity index (χ0v) is 14.4. The first-order valence-electron chi connectivity index (χ1n) is 8.27. The van der Waals surface area contributed by atoms with Crippen molar-refractivity contribution < 1.29 is 9.59 Å². The molecule has 0 radical (unpaired) electrons. The quantitative estimate of drug-likeness (QED) is 0.536. The highest BCUT2D eigenvalue weighted by atomic mass is 16.2. The van der Waals surface area contributed by atoms with E-state index in [-0.39, 0.29) is 6.54 Å². The van der Waals surface area contributed by atoms with E-state index in [4.69, 9.17) is 0 Å². The molecule has 0 saturated heterocycles. The summed E-state index contributed by atoms with van der Waals surface area (Å²) in [6.45, 7) is 0.186. The van der Waals surface area contributed by atoms with Crippen LogP contribution in [0.5, 0.6) is 0 Å². The van der Waals surface area contributed by atoms with E-state index < -0.39 is 11.8 Å². The second kappa shape index (κ2) is 9.00. The molecule has 0 aliphatic heterocycles. The Morgan fingerprint density at radius 3 is 2.11 bits per heavy atom. The molecule has 2 aromatic carbocycles. The second-order valence-electron chi connectivity index (χ2n) is 5.54. The van der Waals surface area contributed by atoms with Crippen molar-refractivity contribution in [2.24, 2.45) is 10.2 Å². The Bertz CT molecular complexity index is 926. The monoisotopic (exact) mass is 359 g/mol. The highest BCUT2D eigenvalue weighted by Gasteiger charge is 2.13. The molecule has 2 amide bonds. The van der Waals surface area contributed by atoms with E-state index in [9.17, 15) is 9.59 Å². The summed E-state index contributed by atoms with van der Waals surface area (Å²) in [4.78, 5) is 27.9. The van der Waals surface area contributed by atoms with Gasteiger partial charge in [0.15, 0.2) is 0 Å². The van der Waals surface area contributed by atoms with Gasteiger partial charge in [0.05, 0.1) is 23.6 Å². The van der Waals surface area contributed by atoms with Crippen LogP contribution in [0.2, 0.25) is 0 Å². The van der Waals surface area contributed by atoms with Crippen molar-refractivity contribution >= 4 is 28.9 Å². The molecule has 0 atom stereocenters. The predicted octanol–water partition coefficient (Wildman–Crippen LogP) is 3.75. The van der Waals surface area contributed by atoms with Gasteiger partial charge in [0.25, 0.3) is 0 Å². The maximum Gasteiger partial charge on any atom is 0.313 e. The van der Waals surface area contributed by atoms with E-state index in [1.54, 1.807) is 42.6 Å². The van der Waals surface area contributed by atoms with Gasteiger partial charge in [-0.2, -0.15) is 10.2 Å². The van der Waals surface area contributed by atoms with Gasteiger partial charge in [0.2, 0.25) is 0 Å². The lowest BCUT2D eigenvalue weighted by atomic mass is 10.3. The fraction of sp³-hybridized carbons (Fsp3) is 0.0500. The molecule has 134 valence electrons. The van der Waals surface area contributed by atoms with Crippen LogP contribution in [0.1, 0.15) is 5.69 Å². The van der Waals surface area contributed by atoms with Crippen LogP contribution in [0.4, 0.5) is 17.1 Å². The summed E-state index contributed by atoms with van der Waals surface area (Å²) in [7, 11) is 0. The van der Waals surface area contributed by atoms with Crippen LogP contribution in [-0.4, -0.2) is 16.8 Å². The van der Waals surface area contributed by atoms with Gasteiger partial charge >= 0.3 is 11.8 Å². The maximum atomic E-state index is 11.9. The molecule has 0 unspecified atom stereocenters. The van der Waals surface area contributed by atoms with Crippen molar-refractivity contribution in [3.63, 3.8) is 0 Å². The molecule has 3 rings (SSSR count). The van der Waals surface area contributed by atoms with Crippen molar-refractivity contribution in [3.8, 4) is 0 Å². The van der Waals surface area contributed by atoms with E-state index in [1.807, 2.05) is 36.4 Å². The Morgan fingerprint density at radius 2 is 1.44 bits per heavy atom. The highest BCUT2D eigenvalue weighted by molar-refractivity contribution is 6.39. The summed E-state index contributed by atoms with van der Waals surface area (Å²) in [5.74, 6) is -1.47. The minimum absolute atomic E-state index is 0.186. The second-order valence-corrected chi connectivity index (χ2v) is 5.54. The fourth-order valence-corrected chi connectivity index (χ4v) is 2.16. The predicted molar refractivity (Wildman–Crippen MR) is 102 cm³/mol. The van der Waals surface area contributed by atoms with Gasteiger partial charge in [-0.15, -0.1) is 0 Å². The summed E-state index contributed by atoms with van der Waals surface area (Å²) in [6.07, 6.45) is 1.62. The number of anilines is 1. The number of amides is 2. The zero-order valence-electron chi connectivity index (χ0n) is 14.4. The normalized spacial score (nSPS) is 10.5. The van der Waals surface area contributed by atoms with E-state index in [0.29, 0.717) is 17.1 Å². The minimum Gasteiger partial charge on any atom is -0.342 e. The number of nitrogens with one attached hydrogen (secondary N) is 2. The van der Waals surface area contributed by atoms with Gasteiger partial charge in [0.1, 0.15) is 0 Å². The van der Waals surface area contributed by atoms with E-state index in [2.05, 4.69) is 25.8 Å². The number of carbonyl (C=O) groups is 2. The van der Waals surface area contributed by atoms with Crippen LogP contribution in [0, 0.1) is 0 Å². The number of pyridine rings is 1. The number of aromatic nitrogens is 1. The van der Waals surface area contributed by atoms with Crippen molar-refractivity contribution in [1.82, 2.24) is 10.3 Å². The van der Waals surface area contributed by atoms with Crippen LogP contribution in [0.25, 0.3) is 0 Å². The number of hydrogen-bond acceptors (Lipinski definition) is 5.